The van der Waals surface area contributed by atoms with Gasteiger partial charge in [0.1, 0.15) is 0 Å². The van der Waals surface area contributed by atoms with E-state index in [2.05, 4.69) is 34.6 Å². The van der Waals surface area contributed by atoms with Crippen molar-refractivity contribution in [3.05, 3.63) is 0 Å². The summed E-state index contributed by atoms with van der Waals surface area (Å²) in [6.45, 7) is 12.9. The largest absolute Gasteiger partial charge is 0.0594 e. The molecule has 6 rings (SSSR count). The Hall–Kier alpha value is 0. The molecule has 4 bridgehead atoms. The highest BCUT2D eigenvalue weighted by atomic mass is 14.7. The first kappa shape index (κ1) is 12.7. The Labute approximate surface area is 119 Å². The van der Waals surface area contributed by atoms with Crippen molar-refractivity contribution in [2.75, 3.05) is 0 Å². The molecule has 0 N–H and O–H groups in total. The Balaban J connectivity index is 1.57. The molecule has 6 saturated carbocycles. The summed E-state index contributed by atoms with van der Waals surface area (Å²) in [6, 6.07) is 0. The molecule has 19 heavy (non-hydrogen) atoms. The van der Waals surface area contributed by atoms with Crippen LogP contribution in [0.4, 0.5) is 0 Å². The summed E-state index contributed by atoms with van der Waals surface area (Å²) in [5.41, 5.74) is 2.02. The second kappa shape index (κ2) is 3.42. The second-order valence-electron chi connectivity index (χ2n) is 9.97. The van der Waals surface area contributed by atoms with Crippen LogP contribution in [-0.4, -0.2) is 0 Å². The van der Waals surface area contributed by atoms with Gasteiger partial charge in [-0.25, -0.2) is 0 Å². The van der Waals surface area contributed by atoms with Gasteiger partial charge in [0.25, 0.3) is 0 Å². The van der Waals surface area contributed by atoms with Gasteiger partial charge in [-0.15, -0.1) is 0 Å². The molecule has 0 amide bonds. The van der Waals surface area contributed by atoms with Crippen LogP contribution in [0.15, 0.2) is 0 Å². The topological polar surface area (TPSA) is 0 Å². The van der Waals surface area contributed by atoms with Crippen LogP contribution in [0.3, 0.4) is 0 Å². The van der Waals surface area contributed by atoms with Crippen molar-refractivity contribution in [3.63, 3.8) is 0 Å². The molecule has 0 spiro atoms. The van der Waals surface area contributed by atoms with E-state index in [1.807, 2.05) is 0 Å². The molecular formula is C19H32. The Morgan fingerprint density at radius 3 is 1.68 bits per heavy atom. The molecule has 0 aromatic carbocycles. The Morgan fingerprint density at radius 2 is 1.21 bits per heavy atom. The van der Waals surface area contributed by atoms with Crippen LogP contribution in [0.1, 0.15) is 73.1 Å². The van der Waals surface area contributed by atoms with Gasteiger partial charge in [0, 0.05) is 0 Å². The normalized spacial score (nSPS) is 57.0. The zero-order valence-electron chi connectivity index (χ0n) is 13.6. The molecule has 6 fully saturated rings. The van der Waals surface area contributed by atoms with E-state index in [9.17, 15) is 0 Å². The van der Waals surface area contributed by atoms with Crippen LogP contribution >= 0.6 is 0 Å². The molecule has 0 heteroatoms. The lowest BCUT2D eigenvalue weighted by atomic mass is 9.35. The summed E-state index contributed by atoms with van der Waals surface area (Å²) in [5.74, 6) is 5.24. The van der Waals surface area contributed by atoms with E-state index in [-0.39, 0.29) is 0 Å². The van der Waals surface area contributed by atoms with Crippen LogP contribution in [0.5, 0.6) is 0 Å². The molecule has 0 saturated heterocycles. The molecule has 0 nitrogen and oxygen atoms in total. The summed E-state index contributed by atoms with van der Waals surface area (Å²) in [4.78, 5) is 0. The molecule has 6 aliphatic rings. The Bertz CT molecular complexity index is 388. The van der Waals surface area contributed by atoms with Gasteiger partial charge in [-0.3, -0.25) is 0 Å². The quantitative estimate of drug-likeness (QED) is 0.582. The summed E-state index contributed by atoms with van der Waals surface area (Å²) in [6.07, 6.45) is 9.27. The number of hydrogen-bond donors (Lipinski definition) is 0. The van der Waals surface area contributed by atoms with Gasteiger partial charge in [0.2, 0.25) is 0 Å². The van der Waals surface area contributed by atoms with Crippen LogP contribution in [-0.2, 0) is 0 Å². The van der Waals surface area contributed by atoms with Gasteiger partial charge in [0.15, 0.2) is 0 Å². The van der Waals surface area contributed by atoms with Crippen LogP contribution in [0.2, 0.25) is 0 Å². The van der Waals surface area contributed by atoms with E-state index in [1.165, 1.54) is 12.8 Å². The number of fused-ring (bicyclic) bond motifs is 5. The van der Waals surface area contributed by atoms with Crippen molar-refractivity contribution in [1.82, 2.24) is 0 Å². The summed E-state index contributed by atoms with van der Waals surface area (Å²) in [5, 5.41) is 0. The van der Waals surface area contributed by atoms with E-state index in [0.29, 0.717) is 16.2 Å². The summed E-state index contributed by atoms with van der Waals surface area (Å²) in [7, 11) is 0. The lowest BCUT2D eigenvalue weighted by Gasteiger charge is -2.70. The Kier molecular flexibility index (Phi) is 2.29. The smallest absolute Gasteiger partial charge is 0.0264 e. The molecule has 5 unspecified atom stereocenters. The van der Waals surface area contributed by atoms with Gasteiger partial charge in [-0.2, -0.15) is 0 Å². The minimum Gasteiger partial charge on any atom is -0.0594 e. The van der Waals surface area contributed by atoms with Gasteiger partial charge >= 0.3 is 0 Å². The maximum Gasteiger partial charge on any atom is -0.0264 e. The van der Waals surface area contributed by atoms with E-state index < -0.39 is 0 Å². The highest BCUT2D eigenvalue weighted by Gasteiger charge is 2.64. The molecule has 0 heterocycles. The van der Waals surface area contributed by atoms with Crippen LogP contribution in [0.25, 0.3) is 0 Å². The van der Waals surface area contributed by atoms with Crippen molar-refractivity contribution in [2.45, 2.75) is 73.1 Å². The predicted molar refractivity (Wildman–Crippen MR) is 80.8 cm³/mol. The van der Waals surface area contributed by atoms with E-state index >= 15 is 0 Å². The average molecular weight is 260 g/mol. The first-order valence-corrected chi connectivity index (χ1v) is 8.76. The zero-order valence-corrected chi connectivity index (χ0v) is 13.6. The number of hydrogen-bond acceptors (Lipinski definition) is 0. The van der Waals surface area contributed by atoms with Gasteiger partial charge in [-0.1, -0.05) is 34.6 Å². The van der Waals surface area contributed by atoms with Crippen molar-refractivity contribution in [3.8, 4) is 0 Å². The molecule has 0 radical (unpaired) electrons. The molecule has 0 aliphatic heterocycles. The molecule has 6 aliphatic carbocycles. The minimum atomic E-state index is 0.657. The third kappa shape index (κ3) is 1.37. The fourth-order valence-electron chi connectivity index (χ4n) is 7.02. The fraction of sp³-hybridized carbons (Fsp3) is 1.00. The van der Waals surface area contributed by atoms with Crippen molar-refractivity contribution in [2.24, 2.45) is 45.8 Å². The molecule has 0 aromatic heterocycles. The summed E-state index contributed by atoms with van der Waals surface area (Å²) >= 11 is 0. The minimum absolute atomic E-state index is 0.657. The van der Waals surface area contributed by atoms with E-state index in [1.54, 1.807) is 25.7 Å². The van der Waals surface area contributed by atoms with E-state index in [0.717, 1.165) is 29.6 Å². The highest BCUT2D eigenvalue weighted by molar-refractivity contribution is 5.13. The second-order valence-corrected chi connectivity index (χ2v) is 9.97. The van der Waals surface area contributed by atoms with E-state index in [4.69, 9.17) is 0 Å². The van der Waals surface area contributed by atoms with Crippen LogP contribution < -0.4 is 0 Å². The maximum atomic E-state index is 2.68. The highest BCUT2D eigenvalue weighted by Crippen LogP contribution is 2.72. The van der Waals surface area contributed by atoms with Crippen molar-refractivity contribution in [1.29, 1.82) is 0 Å². The first-order valence-electron chi connectivity index (χ1n) is 8.76. The standard InChI is InChI=1S/C19H32/c1-17(2)13-8-14(17)10-15(9-13)19(5)7-6-12-11-16(19)18(12,3)4/h12-16H,6-11H2,1-5H3. The molecule has 5 atom stereocenters. The van der Waals surface area contributed by atoms with Crippen molar-refractivity contribution >= 4 is 0 Å². The third-order valence-electron chi connectivity index (χ3n) is 9.04. The predicted octanol–water partition coefficient (Wildman–Crippen LogP) is 5.52. The SMILES string of the molecule is CC1(C)C2CC1CC(C1(C)CCC3CC1C3(C)C)C2. The Morgan fingerprint density at radius 1 is 0.632 bits per heavy atom. The lowest BCUT2D eigenvalue weighted by Crippen LogP contribution is -2.62. The summed E-state index contributed by atoms with van der Waals surface area (Å²) < 4.78 is 0. The third-order valence-corrected chi connectivity index (χ3v) is 9.04. The van der Waals surface area contributed by atoms with Crippen LogP contribution in [0, 0.1) is 45.8 Å². The van der Waals surface area contributed by atoms with Gasteiger partial charge in [0.05, 0.1) is 0 Å². The number of rotatable bonds is 1. The average Bonchev–Trinajstić information content (AvgIpc) is 2.38. The maximum absolute atomic E-state index is 2.68. The fourth-order valence-corrected chi connectivity index (χ4v) is 7.02. The van der Waals surface area contributed by atoms with Gasteiger partial charge < -0.3 is 0 Å². The lowest BCUT2D eigenvalue weighted by molar-refractivity contribution is -0.205. The zero-order chi connectivity index (χ0) is 13.6. The molecule has 0 aromatic rings. The first-order chi connectivity index (χ1) is 8.76. The molecule has 108 valence electrons. The van der Waals surface area contributed by atoms with Gasteiger partial charge in [-0.05, 0) is 84.4 Å². The monoisotopic (exact) mass is 260 g/mol. The van der Waals surface area contributed by atoms with Crippen molar-refractivity contribution < 1.29 is 0 Å². The molecular weight excluding hydrogens is 228 g/mol.